The van der Waals surface area contributed by atoms with Crippen LogP contribution in [0.15, 0.2) is 6.20 Å². The Morgan fingerprint density at radius 2 is 1.87 bits per heavy atom. The van der Waals surface area contributed by atoms with Crippen LogP contribution in [0.1, 0.15) is 83.1 Å². The number of hydrogen-bond donors (Lipinski definition) is 2. The van der Waals surface area contributed by atoms with Gasteiger partial charge in [-0.25, -0.2) is 4.79 Å². The molecule has 5 aliphatic rings. The third kappa shape index (κ3) is 4.52. The largest absolute Gasteiger partial charge is 0.445 e. The fourth-order valence-corrected chi connectivity index (χ4v) is 7.51. The Bertz CT molecular complexity index is 1240. The second kappa shape index (κ2) is 9.60. The molecule has 2 N–H and O–H groups in total. The Balaban J connectivity index is 1.09. The van der Waals surface area contributed by atoms with Gasteiger partial charge in [0.1, 0.15) is 11.9 Å². The van der Waals surface area contributed by atoms with Gasteiger partial charge in [-0.3, -0.25) is 4.79 Å². The van der Waals surface area contributed by atoms with Gasteiger partial charge in [-0.1, -0.05) is 13.8 Å². The van der Waals surface area contributed by atoms with Crippen LogP contribution >= 0.6 is 0 Å². The van der Waals surface area contributed by atoms with Crippen molar-refractivity contribution in [3.8, 4) is 0 Å². The van der Waals surface area contributed by atoms with E-state index < -0.39 is 0 Å². The predicted molar refractivity (Wildman–Crippen MR) is 146 cm³/mol. The van der Waals surface area contributed by atoms with Crippen LogP contribution in [0, 0.1) is 5.41 Å². The average Bonchev–Trinajstić information content (AvgIpc) is 3.62. The van der Waals surface area contributed by atoms with Crippen LogP contribution < -0.4 is 15.5 Å². The lowest BCUT2D eigenvalue weighted by molar-refractivity contribution is -0.122. The van der Waals surface area contributed by atoms with Gasteiger partial charge in [0, 0.05) is 61.6 Å². The molecule has 6 heterocycles. The zero-order chi connectivity index (χ0) is 26.7. The van der Waals surface area contributed by atoms with Crippen molar-refractivity contribution in [2.45, 2.75) is 102 Å². The Morgan fingerprint density at radius 1 is 1.13 bits per heavy atom. The molecule has 4 aliphatic heterocycles. The zero-order valence-electron chi connectivity index (χ0n) is 23.1. The van der Waals surface area contributed by atoms with Crippen molar-refractivity contribution < 1.29 is 14.3 Å². The van der Waals surface area contributed by atoms with Gasteiger partial charge >= 0.3 is 6.09 Å². The highest BCUT2D eigenvalue weighted by molar-refractivity contribution is 5.79. The summed E-state index contributed by atoms with van der Waals surface area (Å²) >= 11 is 0. The van der Waals surface area contributed by atoms with Crippen LogP contribution in [-0.2, 0) is 9.53 Å². The first kappa shape index (κ1) is 25.0. The zero-order valence-corrected chi connectivity index (χ0v) is 23.1. The fraction of sp³-hybridized carbons (Fsp3) is 0.750. The smallest absolute Gasteiger partial charge is 0.410 e. The number of aromatic nitrogens is 4. The molecule has 5 fully saturated rings. The lowest BCUT2D eigenvalue weighted by Crippen LogP contribution is -2.58. The highest BCUT2D eigenvalue weighted by atomic mass is 16.6. The maximum absolute atomic E-state index is 13.0. The molecule has 11 heteroatoms. The third-order valence-corrected chi connectivity index (χ3v) is 9.77. The Morgan fingerprint density at radius 3 is 2.54 bits per heavy atom. The first-order chi connectivity index (χ1) is 18.9. The van der Waals surface area contributed by atoms with E-state index in [9.17, 15) is 9.59 Å². The minimum absolute atomic E-state index is 0.00909. The summed E-state index contributed by atoms with van der Waals surface area (Å²) in [7, 11) is 0. The van der Waals surface area contributed by atoms with Gasteiger partial charge < -0.3 is 25.2 Å². The van der Waals surface area contributed by atoms with Crippen molar-refractivity contribution in [3.05, 3.63) is 11.8 Å². The second-order valence-electron chi connectivity index (χ2n) is 12.8. The highest BCUT2D eigenvalue weighted by Gasteiger charge is 2.47. The van der Waals surface area contributed by atoms with E-state index in [4.69, 9.17) is 14.7 Å². The number of rotatable bonds is 5. The molecule has 39 heavy (non-hydrogen) atoms. The summed E-state index contributed by atoms with van der Waals surface area (Å²) in [4.78, 5) is 39.1. The van der Waals surface area contributed by atoms with Gasteiger partial charge in [0.25, 0.3) is 0 Å². The Kier molecular flexibility index (Phi) is 6.17. The summed E-state index contributed by atoms with van der Waals surface area (Å²) in [5, 5.41) is 11.7. The van der Waals surface area contributed by atoms with Gasteiger partial charge in [-0.05, 0) is 57.4 Å². The Hall–Kier alpha value is -2.95. The normalized spacial score (nSPS) is 29.9. The van der Waals surface area contributed by atoms with E-state index in [-0.39, 0.29) is 35.7 Å². The number of hydrogen-bond acceptors (Lipinski definition) is 9. The molecule has 7 rings (SSSR count). The van der Waals surface area contributed by atoms with Crippen molar-refractivity contribution in [2.24, 2.45) is 5.41 Å². The molecular formula is C28H40N8O3. The number of nitrogens with one attached hydrogen (secondary N) is 2. The number of carbonyl (C=O) groups is 2. The SMILES string of the molecule is CC(C)c1cnn2c(NC3CC4CCC(C3)N4C(=O)OC3CCNC3)nc(N3CC4(CCC(=O)CC4)C3)nc12. The van der Waals surface area contributed by atoms with E-state index in [0.717, 1.165) is 94.2 Å². The van der Waals surface area contributed by atoms with Gasteiger partial charge in [-0.15, -0.1) is 0 Å². The summed E-state index contributed by atoms with van der Waals surface area (Å²) in [6.45, 7) is 7.81. The molecule has 1 amide bonds. The van der Waals surface area contributed by atoms with Crippen molar-refractivity contribution >= 4 is 29.4 Å². The first-order valence-corrected chi connectivity index (χ1v) is 14.9. The standard InChI is InChI=1S/C28H40N8O3/c1-17(2)23-14-30-36-24(23)32-25(34-15-28(16-34)8-5-21(37)6-9-28)33-26(36)31-18-11-19-3-4-20(12-18)35(19)27(38)39-22-7-10-29-13-22/h14,17-20,22,29H,3-13,15-16H2,1-2H3,(H,31,32,33). The molecule has 3 unspecified atom stereocenters. The van der Waals surface area contributed by atoms with E-state index in [1.807, 2.05) is 15.6 Å². The molecule has 210 valence electrons. The lowest BCUT2D eigenvalue weighted by Gasteiger charge is -2.52. The average molecular weight is 537 g/mol. The van der Waals surface area contributed by atoms with Gasteiger partial charge in [-0.2, -0.15) is 19.6 Å². The minimum Gasteiger partial charge on any atom is -0.445 e. The van der Waals surface area contributed by atoms with Crippen LogP contribution in [0.25, 0.3) is 5.65 Å². The molecule has 1 aliphatic carbocycles. The molecule has 3 atom stereocenters. The first-order valence-electron chi connectivity index (χ1n) is 14.9. The molecule has 1 spiro atoms. The highest BCUT2D eigenvalue weighted by Crippen LogP contribution is 2.44. The molecule has 4 saturated heterocycles. The quantitative estimate of drug-likeness (QED) is 0.594. The van der Waals surface area contributed by atoms with Crippen LogP contribution in [0.5, 0.6) is 0 Å². The summed E-state index contributed by atoms with van der Waals surface area (Å²) in [5.74, 6) is 2.15. The number of carbonyl (C=O) groups excluding carboxylic acids is 2. The van der Waals surface area contributed by atoms with E-state index in [2.05, 4.69) is 34.5 Å². The maximum atomic E-state index is 13.0. The number of ketones is 1. The molecule has 2 aromatic rings. The van der Waals surface area contributed by atoms with Gasteiger partial charge in [0.15, 0.2) is 5.65 Å². The maximum Gasteiger partial charge on any atom is 0.410 e. The number of Topliss-reactive ketones (excluding diaryl/α,β-unsaturated/α-hetero) is 1. The van der Waals surface area contributed by atoms with Crippen molar-refractivity contribution in [1.29, 1.82) is 0 Å². The number of fused-ring (bicyclic) bond motifs is 3. The molecule has 0 radical (unpaired) electrons. The second-order valence-corrected chi connectivity index (χ2v) is 12.8. The van der Waals surface area contributed by atoms with E-state index in [0.29, 0.717) is 24.5 Å². The van der Waals surface area contributed by atoms with Crippen molar-refractivity contribution in [3.63, 3.8) is 0 Å². The van der Waals surface area contributed by atoms with Crippen LogP contribution in [0.4, 0.5) is 16.7 Å². The van der Waals surface area contributed by atoms with Crippen molar-refractivity contribution in [2.75, 3.05) is 36.4 Å². The van der Waals surface area contributed by atoms with Gasteiger partial charge in [0.2, 0.25) is 11.9 Å². The molecule has 2 bridgehead atoms. The fourth-order valence-electron chi connectivity index (χ4n) is 7.51. The number of anilines is 2. The predicted octanol–water partition coefficient (Wildman–Crippen LogP) is 3.10. The topological polar surface area (TPSA) is 117 Å². The van der Waals surface area contributed by atoms with E-state index in [1.54, 1.807) is 0 Å². The summed E-state index contributed by atoms with van der Waals surface area (Å²) in [5.41, 5.74) is 2.19. The van der Waals surface area contributed by atoms with E-state index >= 15 is 0 Å². The van der Waals surface area contributed by atoms with Crippen LogP contribution in [0.3, 0.4) is 0 Å². The monoisotopic (exact) mass is 536 g/mol. The van der Waals surface area contributed by atoms with E-state index in [1.165, 1.54) is 0 Å². The minimum atomic E-state index is -0.147. The molecule has 11 nitrogen and oxygen atoms in total. The van der Waals surface area contributed by atoms with Crippen LogP contribution in [-0.4, -0.2) is 86.8 Å². The summed E-state index contributed by atoms with van der Waals surface area (Å²) in [6.07, 6.45) is 9.77. The third-order valence-electron chi connectivity index (χ3n) is 9.77. The summed E-state index contributed by atoms with van der Waals surface area (Å²) < 4.78 is 7.68. The lowest BCUT2D eigenvalue weighted by atomic mass is 9.68. The molecule has 0 aromatic carbocycles. The number of amides is 1. The summed E-state index contributed by atoms with van der Waals surface area (Å²) in [6, 6.07) is 0.574. The number of nitrogens with zero attached hydrogens (tertiary/aromatic N) is 6. The van der Waals surface area contributed by atoms with Gasteiger partial charge in [0.05, 0.1) is 6.20 Å². The Labute approximate surface area is 229 Å². The number of piperidine rings is 1. The van der Waals surface area contributed by atoms with Crippen molar-refractivity contribution in [1.82, 2.24) is 29.8 Å². The molecule has 2 aromatic heterocycles. The molecule has 1 saturated carbocycles. The van der Waals surface area contributed by atoms with Crippen LogP contribution in [0.2, 0.25) is 0 Å². The number of ether oxygens (including phenoxy) is 1. The molecular weight excluding hydrogens is 496 g/mol.